The van der Waals surface area contributed by atoms with Gasteiger partial charge in [0.2, 0.25) is 0 Å². The Kier molecular flexibility index (Phi) is 5.06. The fraction of sp³-hybridized carbons (Fsp3) is 0.417. The average molecular weight is 221 g/mol. The first-order valence-corrected chi connectivity index (χ1v) is 5.67. The number of hydrogen-bond acceptors (Lipinski definition) is 3. The zero-order chi connectivity index (χ0) is 11.1. The van der Waals surface area contributed by atoms with E-state index in [1.165, 1.54) is 0 Å². The lowest BCUT2D eigenvalue weighted by Gasteiger charge is -2.13. The van der Waals surface area contributed by atoms with Gasteiger partial charge in [0.15, 0.2) is 0 Å². The first kappa shape index (κ1) is 11.9. The van der Waals surface area contributed by atoms with E-state index in [1.807, 2.05) is 18.2 Å². The van der Waals surface area contributed by atoms with Crippen LogP contribution >= 0.6 is 12.6 Å². The van der Waals surface area contributed by atoms with Gasteiger partial charge in [-0.3, -0.25) is 0 Å². The molecule has 1 unspecified atom stereocenters. The predicted octanol–water partition coefficient (Wildman–Crippen LogP) is 2.89. The van der Waals surface area contributed by atoms with E-state index in [9.17, 15) is 0 Å². The van der Waals surface area contributed by atoms with E-state index in [0.717, 1.165) is 12.2 Å². The molecule has 0 bridgehead atoms. The van der Waals surface area contributed by atoms with Crippen molar-refractivity contribution in [2.75, 3.05) is 12.4 Å². The normalized spacial score (nSPS) is 11.8. The Morgan fingerprint density at radius 1 is 1.47 bits per heavy atom. The number of benzene rings is 1. The second-order valence-electron chi connectivity index (χ2n) is 3.38. The molecular weight excluding hydrogens is 206 g/mol. The van der Waals surface area contributed by atoms with E-state index < -0.39 is 0 Å². The standard InChI is InChI=1S/C12H15NOS/c1-2-10(9-15)8-14-12-6-4-3-5-11(12)7-13/h3-6,10,15H,2,8-9H2,1H3. The van der Waals surface area contributed by atoms with Crippen LogP contribution in [0.1, 0.15) is 18.9 Å². The van der Waals surface area contributed by atoms with Crippen molar-refractivity contribution in [3.8, 4) is 11.8 Å². The first-order chi connectivity index (χ1) is 7.31. The van der Waals surface area contributed by atoms with Crippen molar-refractivity contribution in [1.82, 2.24) is 0 Å². The number of thiol groups is 1. The number of ether oxygens (including phenoxy) is 1. The molecule has 1 aromatic carbocycles. The lowest BCUT2D eigenvalue weighted by Crippen LogP contribution is -2.13. The molecule has 1 aromatic rings. The van der Waals surface area contributed by atoms with Crippen molar-refractivity contribution in [1.29, 1.82) is 5.26 Å². The second-order valence-corrected chi connectivity index (χ2v) is 3.74. The molecule has 3 heteroatoms. The maximum absolute atomic E-state index is 8.85. The molecular formula is C12H15NOS. The van der Waals surface area contributed by atoms with Crippen LogP contribution in [0.2, 0.25) is 0 Å². The molecule has 0 N–H and O–H groups in total. The van der Waals surface area contributed by atoms with Crippen LogP contribution in [0.4, 0.5) is 0 Å². The van der Waals surface area contributed by atoms with Gasteiger partial charge in [-0.2, -0.15) is 17.9 Å². The number of hydrogen-bond donors (Lipinski definition) is 1. The van der Waals surface area contributed by atoms with Gasteiger partial charge < -0.3 is 4.74 Å². The minimum Gasteiger partial charge on any atom is -0.492 e. The molecule has 2 nitrogen and oxygen atoms in total. The molecule has 80 valence electrons. The molecule has 1 atom stereocenters. The maximum atomic E-state index is 8.85. The molecule has 0 aliphatic heterocycles. The van der Waals surface area contributed by atoms with Gasteiger partial charge in [0.05, 0.1) is 12.2 Å². The third-order valence-corrected chi connectivity index (χ3v) is 2.83. The molecule has 0 radical (unpaired) electrons. The molecule has 0 spiro atoms. The Labute approximate surface area is 96.3 Å². The Balaban J connectivity index is 2.61. The highest BCUT2D eigenvalue weighted by Crippen LogP contribution is 2.18. The summed E-state index contributed by atoms with van der Waals surface area (Å²) < 4.78 is 5.60. The van der Waals surface area contributed by atoms with E-state index in [0.29, 0.717) is 23.8 Å². The van der Waals surface area contributed by atoms with Crippen molar-refractivity contribution >= 4 is 12.6 Å². The number of rotatable bonds is 5. The van der Waals surface area contributed by atoms with Crippen LogP contribution in [-0.2, 0) is 0 Å². The second kappa shape index (κ2) is 6.36. The van der Waals surface area contributed by atoms with Crippen molar-refractivity contribution < 1.29 is 4.74 Å². The third kappa shape index (κ3) is 3.49. The van der Waals surface area contributed by atoms with Crippen molar-refractivity contribution in [2.24, 2.45) is 5.92 Å². The molecule has 0 aliphatic carbocycles. The van der Waals surface area contributed by atoms with Gasteiger partial charge in [0, 0.05) is 5.92 Å². The molecule has 15 heavy (non-hydrogen) atoms. The van der Waals surface area contributed by atoms with Crippen molar-refractivity contribution in [3.05, 3.63) is 29.8 Å². The quantitative estimate of drug-likeness (QED) is 0.775. The third-order valence-electron chi connectivity index (χ3n) is 2.32. The van der Waals surface area contributed by atoms with Gasteiger partial charge >= 0.3 is 0 Å². The summed E-state index contributed by atoms with van der Waals surface area (Å²) in [5, 5.41) is 8.85. The Bertz CT molecular complexity index is 342. The molecule has 0 fully saturated rings. The van der Waals surface area contributed by atoms with Gasteiger partial charge in [-0.15, -0.1) is 0 Å². The zero-order valence-electron chi connectivity index (χ0n) is 8.81. The lowest BCUT2D eigenvalue weighted by molar-refractivity contribution is 0.259. The van der Waals surface area contributed by atoms with Gasteiger partial charge in [0.1, 0.15) is 11.8 Å². The first-order valence-electron chi connectivity index (χ1n) is 5.04. The van der Waals surface area contributed by atoms with Crippen LogP contribution < -0.4 is 4.74 Å². The highest BCUT2D eigenvalue weighted by atomic mass is 32.1. The predicted molar refractivity (Wildman–Crippen MR) is 64.3 cm³/mol. The number of nitriles is 1. The van der Waals surface area contributed by atoms with Gasteiger partial charge in [0.25, 0.3) is 0 Å². The van der Waals surface area contributed by atoms with Gasteiger partial charge in [-0.1, -0.05) is 19.1 Å². The Hall–Kier alpha value is -1.14. The molecule has 0 aliphatic rings. The summed E-state index contributed by atoms with van der Waals surface area (Å²) in [5.74, 6) is 1.92. The maximum Gasteiger partial charge on any atom is 0.137 e. The van der Waals surface area contributed by atoms with Crippen LogP contribution in [0.3, 0.4) is 0 Å². The topological polar surface area (TPSA) is 33.0 Å². The Morgan fingerprint density at radius 2 is 2.20 bits per heavy atom. The van der Waals surface area contributed by atoms with Gasteiger partial charge in [-0.05, 0) is 24.3 Å². The molecule has 0 saturated heterocycles. The number of para-hydroxylation sites is 1. The van der Waals surface area contributed by atoms with Crippen molar-refractivity contribution in [3.63, 3.8) is 0 Å². The lowest BCUT2D eigenvalue weighted by atomic mass is 10.1. The molecule has 1 rings (SSSR count). The van der Waals surface area contributed by atoms with E-state index >= 15 is 0 Å². The van der Waals surface area contributed by atoms with E-state index in [-0.39, 0.29) is 0 Å². The zero-order valence-corrected chi connectivity index (χ0v) is 9.71. The SMILES string of the molecule is CCC(CS)COc1ccccc1C#N. The summed E-state index contributed by atoms with van der Waals surface area (Å²) in [6, 6.07) is 9.40. The van der Waals surface area contributed by atoms with Crippen molar-refractivity contribution in [2.45, 2.75) is 13.3 Å². The highest BCUT2D eigenvalue weighted by Gasteiger charge is 2.07. The summed E-state index contributed by atoms with van der Waals surface area (Å²) in [5.41, 5.74) is 0.589. The smallest absolute Gasteiger partial charge is 0.137 e. The monoisotopic (exact) mass is 221 g/mol. The summed E-state index contributed by atoms with van der Waals surface area (Å²) >= 11 is 4.25. The van der Waals surface area contributed by atoms with Crippen LogP contribution in [-0.4, -0.2) is 12.4 Å². The van der Waals surface area contributed by atoms with E-state index in [1.54, 1.807) is 6.07 Å². The minimum atomic E-state index is 0.445. The molecule has 0 heterocycles. The summed E-state index contributed by atoms with van der Waals surface area (Å²) in [7, 11) is 0. The average Bonchev–Trinajstić information content (AvgIpc) is 2.31. The fourth-order valence-electron chi connectivity index (χ4n) is 1.19. The van der Waals surface area contributed by atoms with Crippen LogP contribution in [0.15, 0.2) is 24.3 Å². The van der Waals surface area contributed by atoms with E-state index in [2.05, 4.69) is 25.6 Å². The summed E-state index contributed by atoms with van der Waals surface area (Å²) in [6.07, 6.45) is 1.04. The Morgan fingerprint density at radius 3 is 2.80 bits per heavy atom. The molecule has 0 saturated carbocycles. The molecule has 0 amide bonds. The van der Waals surface area contributed by atoms with E-state index in [4.69, 9.17) is 10.00 Å². The summed E-state index contributed by atoms with van der Waals surface area (Å²) in [6.45, 7) is 2.74. The highest BCUT2D eigenvalue weighted by molar-refractivity contribution is 7.80. The molecule has 0 aromatic heterocycles. The van der Waals surface area contributed by atoms with Gasteiger partial charge in [-0.25, -0.2) is 0 Å². The largest absolute Gasteiger partial charge is 0.492 e. The van der Waals surface area contributed by atoms with Crippen LogP contribution in [0.5, 0.6) is 5.75 Å². The number of nitrogens with zero attached hydrogens (tertiary/aromatic N) is 1. The summed E-state index contributed by atoms with van der Waals surface area (Å²) in [4.78, 5) is 0. The van der Waals surface area contributed by atoms with Crippen LogP contribution in [0, 0.1) is 17.2 Å². The fourth-order valence-corrected chi connectivity index (χ4v) is 1.56. The minimum absolute atomic E-state index is 0.445. The van der Waals surface area contributed by atoms with Crippen LogP contribution in [0.25, 0.3) is 0 Å².